The van der Waals surface area contributed by atoms with Gasteiger partial charge >= 0.3 is 11.4 Å². The van der Waals surface area contributed by atoms with Crippen molar-refractivity contribution in [1.82, 2.24) is 13.9 Å². The molecule has 0 amide bonds. The van der Waals surface area contributed by atoms with Crippen LogP contribution in [0.3, 0.4) is 0 Å². The Hall–Kier alpha value is -3.62. The molecule has 2 aliphatic carbocycles. The number of hydrogen-bond acceptors (Lipinski definition) is 6. The van der Waals surface area contributed by atoms with Crippen LogP contribution in [-0.2, 0) is 23.2 Å². The molecule has 0 unspecified atom stereocenters. The van der Waals surface area contributed by atoms with Crippen LogP contribution in [0.1, 0.15) is 51.6 Å². The summed E-state index contributed by atoms with van der Waals surface area (Å²) in [6.07, 6.45) is 2.09. The maximum Gasteiger partial charge on any atom is 0.347 e. The molecular weight excluding hydrogens is 450 g/mol. The van der Waals surface area contributed by atoms with Crippen LogP contribution in [0.2, 0.25) is 0 Å². The first-order valence-electron chi connectivity index (χ1n) is 11.6. The van der Waals surface area contributed by atoms with Gasteiger partial charge < -0.3 is 9.84 Å². The van der Waals surface area contributed by atoms with E-state index in [1.54, 1.807) is 26.8 Å². The fraction of sp³-hybridized carbons (Fsp3) is 0.462. The van der Waals surface area contributed by atoms with Gasteiger partial charge in [0.05, 0.1) is 25.1 Å². The van der Waals surface area contributed by atoms with Crippen LogP contribution >= 0.6 is 0 Å². The molecule has 0 radical (unpaired) electrons. The van der Waals surface area contributed by atoms with Gasteiger partial charge in [-0.1, -0.05) is 26.0 Å². The second-order valence-corrected chi connectivity index (χ2v) is 10.3. The predicted molar refractivity (Wildman–Crippen MR) is 128 cm³/mol. The van der Waals surface area contributed by atoms with E-state index in [1.807, 2.05) is 13.0 Å². The highest BCUT2D eigenvalue weighted by Gasteiger charge is 2.67. The number of carbonyl (C=O) groups is 2. The lowest BCUT2D eigenvalue weighted by Gasteiger charge is -2.58. The lowest BCUT2D eigenvalue weighted by molar-refractivity contribution is -0.151. The van der Waals surface area contributed by atoms with Gasteiger partial charge in [0.1, 0.15) is 11.5 Å². The van der Waals surface area contributed by atoms with Crippen molar-refractivity contribution in [2.75, 3.05) is 7.11 Å². The molecule has 0 bridgehead atoms. The SMILES string of the molecule is COc1cc(O)ccc1[C@H]1C2=CCn3c(=O)n(C)c(=O)n3[C@@H]2C[C@@]2(C)C(=O)C(C)=C(C)C(=O)[C@@]12C. The molecule has 184 valence electrons. The number of phenols is 1. The van der Waals surface area contributed by atoms with Crippen LogP contribution in [0.5, 0.6) is 11.5 Å². The fourth-order valence-corrected chi connectivity index (χ4v) is 6.59. The third-order valence-corrected chi connectivity index (χ3v) is 8.83. The van der Waals surface area contributed by atoms with Crippen molar-refractivity contribution in [3.63, 3.8) is 0 Å². The van der Waals surface area contributed by atoms with E-state index in [9.17, 15) is 24.3 Å². The second kappa shape index (κ2) is 7.19. The summed E-state index contributed by atoms with van der Waals surface area (Å²) in [6, 6.07) is 4.12. The van der Waals surface area contributed by atoms with Crippen LogP contribution in [0, 0.1) is 10.8 Å². The Morgan fingerprint density at radius 3 is 2.34 bits per heavy atom. The number of ketones is 2. The smallest absolute Gasteiger partial charge is 0.347 e. The van der Waals surface area contributed by atoms with Gasteiger partial charge in [0.25, 0.3) is 0 Å². The molecular formula is C26H29N3O6. The molecule has 1 saturated carbocycles. The number of methoxy groups -OCH3 is 1. The number of carbonyl (C=O) groups excluding carboxylic acids is 2. The highest BCUT2D eigenvalue weighted by Crippen LogP contribution is 2.66. The molecule has 4 atom stereocenters. The van der Waals surface area contributed by atoms with Crippen molar-refractivity contribution < 1.29 is 19.4 Å². The first kappa shape index (κ1) is 23.1. The summed E-state index contributed by atoms with van der Waals surface area (Å²) < 4.78 is 9.50. The number of aromatic nitrogens is 3. The van der Waals surface area contributed by atoms with E-state index in [0.717, 1.165) is 10.1 Å². The molecule has 0 saturated heterocycles. The zero-order valence-electron chi connectivity index (χ0n) is 20.7. The number of rotatable bonds is 2. The summed E-state index contributed by atoms with van der Waals surface area (Å²) in [5.41, 5.74) is -0.947. The minimum Gasteiger partial charge on any atom is -0.508 e. The number of nitrogens with zero attached hydrogens (tertiary/aromatic N) is 3. The number of hydrogen-bond donors (Lipinski definition) is 1. The Morgan fingerprint density at radius 1 is 1.03 bits per heavy atom. The van der Waals surface area contributed by atoms with E-state index >= 15 is 0 Å². The normalized spacial score (nSPS) is 29.9. The molecule has 9 nitrogen and oxygen atoms in total. The van der Waals surface area contributed by atoms with E-state index in [0.29, 0.717) is 22.5 Å². The molecule has 1 aromatic heterocycles. The molecule has 1 fully saturated rings. The Bertz CT molecular complexity index is 1500. The van der Waals surface area contributed by atoms with E-state index < -0.39 is 34.2 Å². The Balaban J connectivity index is 1.88. The minimum absolute atomic E-state index is 0.00887. The number of Topliss-reactive ketones (excluding diaryl/α,β-unsaturated/α-hetero) is 2. The van der Waals surface area contributed by atoms with Crippen molar-refractivity contribution in [3.8, 4) is 11.5 Å². The molecule has 35 heavy (non-hydrogen) atoms. The molecule has 1 aliphatic heterocycles. The van der Waals surface area contributed by atoms with Gasteiger partial charge in [-0.3, -0.25) is 9.59 Å². The molecule has 9 heteroatoms. The van der Waals surface area contributed by atoms with Gasteiger partial charge in [-0.25, -0.2) is 23.5 Å². The molecule has 0 spiro atoms. The lowest BCUT2D eigenvalue weighted by Crippen LogP contribution is -2.61. The van der Waals surface area contributed by atoms with Gasteiger partial charge in [0.2, 0.25) is 0 Å². The largest absolute Gasteiger partial charge is 0.508 e. The highest BCUT2D eigenvalue weighted by atomic mass is 16.5. The summed E-state index contributed by atoms with van der Waals surface area (Å²) in [5, 5.41) is 10.1. The number of allylic oxidation sites excluding steroid dienone is 4. The average molecular weight is 480 g/mol. The van der Waals surface area contributed by atoms with Gasteiger partial charge in [0, 0.05) is 30.0 Å². The Labute approximate surface area is 201 Å². The van der Waals surface area contributed by atoms with E-state index in [2.05, 4.69) is 0 Å². The van der Waals surface area contributed by atoms with Gasteiger partial charge in [-0.15, -0.1) is 0 Å². The molecule has 3 aliphatic rings. The zero-order chi connectivity index (χ0) is 25.6. The monoisotopic (exact) mass is 479 g/mol. The summed E-state index contributed by atoms with van der Waals surface area (Å²) in [5.74, 6) is -0.498. The van der Waals surface area contributed by atoms with Crippen molar-refractivity contribution in [2.45, 2.75) is 52.6 Å². The van der Waals surface area contributed by atoms with Crippen LogP contribution in [0.25, 0.3) is 0 Å². The number of benzene rings is 1. The van der Waals surface area contributed by atoms with Crippen molar-refractivity contribution in [1.29, 1.82) is 0 Å². The zero-order valence-corrected chi connectivity index (χ0v) is 20.7. The number of aromatic hydroxyl groups is 1. The predicted octanol–water partition coefficient (Wildman–Crippen LogP) is 2.23. The quantitative estimate of drug-likeness (QED) is 0.661. The van der Waals surface area contributed by atoms with Gasteiger partial charge in [0.15, 0.2) is 11.6 Å². The molecule has 5 rings (SSSR count). The minimum atomic E-state index is -1.18. The van der Waals surface area contributed by atoms with Gasteiger partial charge in [-0.05, 0) is 43.1 Å². The first-order valence-corrected chi connectivity index (χ1v) is 11.6. The van der Waals surface area contributed by atoms with Crippen LogP contribution in [0.4, 0.5) is 0 Å². The summed E-state index contributed by atoms with van der Waals surface area (Å²) in [4.78, 5) is 53.9. The van der Waals surface area contributed by atoms with Crippen molar-refractivity contribution >= 4 is 11.6 Å². The van der Waals surface area contributed by atoms with Gasteiger partial charge in [-0.2, -0.15) is 0 Å². The fourth-order valence-electron chi connectivity index (χ4n) is 6.59. The number of phenolic OH excluding ortho intramolecular Hbond substituents is 1. The van der Waals surface area contributed by atoms with Crippen molar-refractivity contribution in [2.24, 2.45) is 17.9 Å². The summed E-state index contributed by atoms with van der Waals surface area (Å²) in [6.45, 7) is 7.15. The first-order chi connectivity index (χ1) is 16.4. The maximum absolute atomic E-state index is 14.1. The van der Waals surface area contributed by atoms with Crippen LogP contribution in [0.15, 0.2) is 50.6 Å². The van der Waals surface area contributed by atoms with E-state index in [4.69, 9.17) is 4.74 Å². The van der Waals surface area contributed by atoms with E-state index in [1.165, 1.54) is 35.7 Å². The third-order valence-electron chi connectivity index (χ3n) is 8.83. The van der Waals surface area contributed by atoms with Crippen molar-refractivity contribution in [3.05, 3.63) is 67.5 Å². The number of ether oxygens (including phenoxy) is 1. The molecule has 2 aromatic rings. The molecule has 1 aromatic carbocycles. The maximum atomic E-state index is 14.1. The Morgan fingerprint density at radius 2 is 1.69 bits per heavy atom. The van der Waals surface area contributed by atoms with Crippen LogP contribution in [-0.4, -0.2) is 37.7 Å². The third kappa shape index (κ3) is 2.63. The summed E-state index contributed by atoms with van der Waals surface area (Å²) in [7, 11) is 2.92. The lowest BCUT2D eigenvalue weighted by atomic mass is 9.43. The standard InChI is InChI=1S/C26H29N3O6/c1-13-14(2)22(32)26(4)20(17-8-7-15(30)11-19(17)35-6)16-9-10-28-23(33)27(5)24(34)29(28)18(16)12-25(26,3)21(13)31/h7-9,11,18,20,30H,10,12H2,1-6H3/t18-,20-,25+,26-/m1/s1. The topological polar surface area (TPSA) is 113 Å². The number of fused-ring (bicyclic) bond motifs is 4. The highest BCUT2D eigenvalue weighted by molar-refractivity contribution is 6.17. The van der Waals surface area contributed by atoms with Crippen LogP contribution < -0.4 is 16.1 Å². The average Bonchev–Trinajstić information content (AvgIpc) is 3.06. The summed E-state index contributed by atoms with van der Waals surface area (Å²) >= 11 is 0. The van der Waals surface area contributed by atoms with E-state index in [-0.39, 0.29) is 30.3 Å². The molecule has 1 N–H and O–H groups in total. The Kier molecular flexibility index (Phi) is 4.75. The molecule has 2 heterocycles. The second-order valence-electron chi connectivity index (χ2n) is 10.3.